The summed E-state index contributed by atoms with van der Waals surface area (Å²) in [5.41, 5.74) is 10.7. The number of hydrogen-bond donors (Lipinski definition) is 4. The van der Waals surface area contributed by atoms with Crippen molar-refractivity contribution in [2.75, 3.05) is 11.9 Å². The first-order chi connectivity index (χ1) is 13.6. The molecule has 0 radical (unpaired) electrons. The van der Waals surface area contributed by atoms with Crippen molar-refractivity contribution in [3.8, 4) is 5.75 Å². The molecule has 152 valence electrons. The van der Waals surface area contributed by atoms with E-state index in [2.05, 4.69) is 5.32 Å². The molecule has 1 amide bonds. The minimum Gasteiger partial charge on any atom is -0.455 e. The molecular formula is C20H22N4O5. The van der Waals surface area contributed by atoms with Gasteiger partial charge in [-0.3, -0.25) is 15.0 Å². The number of benzene rings is 2. The number of esters is 2. The van der Waals surface area contributed by atoms with E-state index in [9.17, 15) is 14.4 Å². The average Bonchev–Trinajstić information content (AvgIpc) is 2.66. The Bertz CT molecular complexity index is 921. The van der Waals surface area contributed by atoms with Crippen LogP contribution in [0.25, 0.3) is 0 Å². The first kappa shape index (κ1) is 21.4. The summed E-state index contributed by atoms with van der Waals surface area (Å²) in [5, 5.41) is 9.78. The number of carbonyl (C=O) groups is 3. The van der Waals surface area contributed by atoms with Crippen LogP contribution in [0.5, 0.6) is 5.75 Å². The molecule has 9 nitrogen and oxygen atoms in total. The smallest absolute Gasteiger partial charge is 0.343 e. The van der Waals surface area contributed by atoms with E-state index in [4.69, 9.17) is 26.4 Å². The summed E-state index contributed by atoms with van der Waals surface area (Å²) in [4.78, 5) is 35.2. The molecule has 0 aliphatic heterocycles. The molecule has 0 unspecified atom stereocenters. The lowest BCUT2D eigenvalue weighted by Gasteiger charge is -2.23. The van der Waals surface area contributed by atoms with Gasteiger partial charge in [0.25, 0.3) is 5.91 Å². The number of rotatable bonds is 7. The number of anilines is 1. The fourth-order valence-corrected chi connectivity index (χ4v) is 2.39. The molecule has 0 bridgehead atoms. The SMILES string of the molecule is CC(C)(C(=O)OCC(N)=O)c1ccc(OC(=O)c2ccc(NC(=N)N)cc2)cc1. The Kier molecular flexibility index (Phi) is 6.55. The topological polar surface area (TPSA) is 158 Å². The Morgan fingerprint density at radius 3 is 2.10 bits per heavy atom. The highest BCUT2D eigenvalue weighted by Crippen LogP contribution is 2.27. The minimum absolute atomic E-state index is 0.207. The minimum atomic E-state index is -1.02. The maximum Gasteiger partial charge on any atom is 0.343 e. The zero-order valence-corrected chi connectivity index (χ0v) is 16.0. The van der Waals surface area contributed by atoms with Crippen molar-refractivity contribution >= 4 is 29.5 Å². The van der Waals surface area contributed by atoms with Gasteiger partial charge in [-0.15, -0.1) is 0 Å². The van der Waals surface area contributed by atoms with Crippen LogP contribution in [0.1, 0.15) is 29.8 Å². The molecule has 0 aliphatic rings. The maximum absolute atomic E-state index is 12.3. The van der Waals surface area contributed by atoms with Crippen LogP contribution in [-0.4, -0.2) is 30.4 Å². The normalized spacial score (nSPS) is 10.7. The number of guanidine groups is 1. The van der Waals surface area contributed by atoms with Gasteiger partial charge >= 0.3 is 11.9 Å². The van der Waals surface area contributed by atoms with E-state index in [0.29, 0.717) is 22.6 Å². The Morgan fingerprint density at radius 2 is 1.59 bits per heavy atom. The summed E-state index contributed by atoms with van der Waals surface area (Å²) in [6, 6.07) is 12.7. The molecule has 0 aromatic heterocycles. The molecule has 2 aromatic carbocycles. The summed E-state index contributed by atoms with van der Waals surface area (Å²) in [6.45, 7) is 2.81. The molecule has 0 fully saturated rings. The van der Waals surface area contributed by atoms with Gasteiger partial charge in [0.05, 0.1) is 11.0 Å². The lowest BCUT2D eigenvalue weighted by Crippen LogP contribution is -2.33. The van der Waals surface area contributed by atoms with Crippen LogP contribution in [-0.2, 0) is 19.7 Å². The number of ether oxygens (including phenoxy) is 2. The van der Waals surface area contributed by atoms with Gasteiger partial charge < -0.3 is 26.3 Å². The second kappa shape index (κ2) is 8.87. The number of primary amides is 1. The van der Waals surface area contributed by atoms with Crippen molar-refractivity contribution in [3.05, 3.63) is 59.7 Å². The first-order valence-electron chi connectivity index (χ1n) is 8.59. The lowest BCUT2D eigenvalue weighted by molar-refractivity contribution is -0.152. The van der Waals surface area contributed by atoms with Crippen LogP contribution in [0.4, 0.5) is 5.69 Å². The molecule has 0 saturated carbocycles. The molecule has 0 atom stereocenters. The number of carbonyl (C=O) groups excluding carboxylic acids is 3. The quantitative estimate of drug-likeness (QED) is 0.238. The van der Waals surface area contributed by atoms with Gasteiger partial charge in [-0.25, -0.2) is 4.79 Å². The second-order valence-electron chi connectivity index (χ2n) is 6.70. The molecule has 0 aliphatic carbocycles. The number of amides is 1. The van der Waals surface area contributed by atoms with Crippen molar-refractivity contribution < 1.29 is 23.9 Å². The predicted molar refractivity (Wildman–Crippen MR) is 107 cm³/mol. The van der Waals surface area contributed by atoms with E-state index >= 15 is 0 Å². The lowest BCUT2D eigenvalue weighted by atomic mass is 9.85. The third-order valence-electron chi connectivity index (χ3n) is 4.04. The molecular weight excluding hydrogens is 376 g/mol. The highest BCUT2D eigenvalue weighted by atomic mass is 16.5. The van der Waals surface area contributed by atoms with Gasteiger partial charge in [0, 0.05) is 5.69 Å². The summed E-state index contributed by atoms with van der Waals surface area (Å²) < 4.78 is 10.2. The van der Waals surface area contributed by atoms with Gasteiger partial charge in [0.2, 0.25) is 0 Å². The van der Waals surface area contributed by atoms with Gasteiger partial charge in [0.15, 0.2) is 12.6 Å². The maximum atomic E-state index is 12.3. The number of hydrogen-bond acceptors (Lipinski definition) is 6. The molecule has 2 aromatic rings. The summed E-state index contributed by atoms with van der Waals surface area (Å²) in [5.74, 6) is -1.80. The fourth-order valence-electron chi connectivity index (χ4n) is 2.39. The Balaban J connectivity index is 2.04. The molecule has 29 heavy (non-hydrogen) atoms. The largest absolute Gasteiger partial charge is 0.455 e. The van der Waals surface area contributed by atoms with Gasteiger partial charge in [-0.2, -0.15) is 0 Å². The Morgan fingerprint density at radius 1 is 1.00 bits per heavy atom. The zero-order chi connectivity index (χ0) is 21.6. The monoisotopic (exact) mass is 398 g/mol. The summed E-state index contributed by atoms with van der Waals surface area (Å²) >= 11 is 0. The molecule has 0 spiro atoms. The van der Waals surface area contributed by atoms with E-state index in [0.717, 1.165) is 0 Å². The molecule has 0 heterocycles. The van der Waals surface area contributed by atoms with E-state index < -0.39 is 29.9 Å². The third-order valence-corrected chi connectivity index (χ3v) is 4.04. The van der Waals surface area contributed by atoms with Gasteiger partial charge in [-0.1, -0.05) is 12.1 Å². The highest BCUT2D eigenvalue weighted by Gasteiger charge is 2.32. The highest BCUT2D eigenvalue weighted by molar-refractivity contribution is 5.93. The number of nitrogens with two attached hydrogens (primary N) is 2. The third kappa shape index (κ3) is 5.80. The van der Waals surface area contributed by atoms with Crippen LogP contribution >= 0.6 is 0 Å². The number of nitrogens with one attached hydrogen (secondary N) is 2. The van der Waals surface area contributed by atoms with Crippen LogP contribution in [0.2, 0.25) is 0 Å². The van der Waals surface area contributed by atoms with E-state index in [1.54, 1.807) is 62.4 Å². The Labute approximate surface area is 167 Å². The second-order valence-corrected chi connectivity index (χ2v) is 6.70. The van der Waals surface area contributed by atoms with Crippen LogP contribution < -0.4 is 21.5 Å². The first-order valence-corrected chi connectivity index (χ1v) is 8.59. The van der Waals surface area contributed by atoms with Gasteiger partial charge in [-0.05, 0) is 55.8 Å². The Hall–Kier alpha value is -3.88. The van der Waals surface area contributed by atoms with E-state index in [1.165, 1.54) is 0 Å². The van der Waals surface area contributed by atoms with E-state index in [1.807, 2.05) is 0 Å². The van der Waals surface area contributed by atoms with Crippen molar-refractivity contribution in [3.63, 3.8) is 0 Å². The van der Waals surface area contributed by atoms with Crippen molar-refractivity contribution in [2.45, 2.75) is 19.3 Å². The van der Waals surface area contributed by atoms with Crippen LogP contribution in [0.15, 0.2) is 48.5 Å². The van der Waals surface area contributed by atoms with Crippen molar-refractivity contribution in [2.24, 2.45) is 11.5 Å². The molecule has 9 heteroatoms. The average molecular weight is 398 g/mol. The molecule has 6 N–H and O–H groups in total. The zero-order valence-electron chi connectivity index (χ0n) is 16.0. The fraction of sp³-hybridized carbons (Fsp3) is 0.200. The van der Waals surface area contributed by atoms with Crippen molar-refractivity contribution in [1.29, 1.82) is 5.41 Å². The van der Waals surface area contributed by atoms with Gasteiger partial charge in [0.1, 0.15) is 5.75 Å². The summed E-state index contributed by atoms with van der Waals surface area (Å²) in [6.07, 6.45) is 0. The standard InChI is InChI=1S/C20H22N4O5/c1-20(2,18(27)28-11-16(21)25)13-5-9-15(10-6-13)29-17(26)12-3-7-14(8-4-12)24-19(22)23/h3-10H,11H2,1-2H3,(H2,21,25)(H4,22,23,24). The van der Waals surface area contributed by atoms with E-state index in [-0.39, 0.29) is 5.96 Å². The molecule has 2 rings (SSSR count). The molecule has 0 saturated heterocycles. The predicted octanol–water partition coefficient (Wildman–Crippen LogP) is 1.52. The van der Waals surface area contributed by atoms with Crippen LogP contribution in [0.3, 0.4) is 0 Å². The summed E-state index contributed by atoms with van der Waals surface area (Å²) in [7, 11) is 0. The van der Waals surface area contributed by atoms with Crippen LogP contribution in [0, 0.1) is 5.41 Å². The van der Waals surface area contributed by atoms with Crippen molar-refractivity contribution in [1.82, 2.24) is 0 Å².